The first kappa shape index (κ1) is 12.8. The summed E-state index contributed by atoms with van der Waals surface area (Å²) in [6.07, 6.45) is 1.67. The summed E-state index contributed by atoms with van der Waals surface area (Å²) in [5.41, 5.74) is -0.518. The summed E-state index contributed by atoms with van der Waals surface area (Å²) in [4.78, 5) is 12.0. The van der Waals surface area contributed by atoms with E-state index in [0.717, 1.165) is 25.0 Å². The summed E-state index contributed by atoms with van der Waals surface area (Å²) in [7, 11) is 0. The van der Waals surface area contributed by atoms with Crippen LogP contribution in [0.15, 0.2) is 18.2 Å². The summed E-state index contributed by atoms with van der Waals surface area (Å²) < 4.78 is 18.4. The maximum absolute atomic E-state index is 13.1. The third-order valence-corrected chi connectivity index (χ3v) is 3.06. The number of benzene rings is 1. The van der Waals surface area contributed by atoms with Gasteiger partial charge in [0.05, 0.1) is 17.7 Å². The van der Waals surface area contributed by atoms with Crippen LogP contribution in [-0.4, -0.2) is 29.8 Å². The molecule has 2 N–H and O–H groups in total. The van der Waals surface area contributed by atoms with Gasteiger partial charge in [0.25, 0.3) is 5.91 Å². The van der Waals surface area contributed by atoms with Crippen molar-refractivity contribution in [1.82, 2.24) is 5.32 Å². The van der Waals surface area contributed by atoms with Crippen LogP contribution in [0.1, 0.15) is 30.1 Å². The average Bonchev–Trinajstić information content (AvgIpc) is 2.32. The molecule has 5 heteroatoms. The van der Waals surface area contributed by atoms with Gasteiger partial charge in [-0.1, -0.05) is 0 Å². The van der Waals surface area contributed by atoms with Crippen molar-refractivity contribution in [2.75, 3.05) is 13.2 Å². The first-order valence-corrected chi connectivity index (χ1v) is 5.89. The molecule has 18 heavy (non-hydrogen) atoms. The van der Waals surface area contributed by atoms with Crippen LogP contribution in [0.25, 0.3) is 0 Å². The largest absolute Gasteiger partial charge is 0.507 e. The number of nitrogens with one attached hydrogen (secondary N) is 1. The Labute approximate surface area is 105 Å². The summed E-state index contributed by atoms with van der Waals surface area (Å²) in [6.45, 7) is 2.99. The minimum Gasteiger partial charge on any atom is -0.507 e. The van der Waals surface area contributed by atoms with Gasteiger partial charge in [0.15, 0.2) is 0 Å². The molecule has 1 amide bonds. The number of ether oxygens (including phenoxy) is 1. The number of carbonyl (C=O) groups is 1. The van der Waals surface area contributed by atoms with Gasteiger partial charge in [-0.2, -0.15) is 0 Å². The Morgan fingerprint density at radius 3 is 3.00 bits per heavy atom. The van der Waals surface area contributed by atoms with Crippen LogP contribution < -0.4 is 5.32 Å². The molecule has 1 aromatic carbocycles. The molecule has 4 nitrogen and oxygen atoms in total. The number of aromatic hydroxyl groups is 1. The first-order chi connectivity index (χ1) is 8.50. The summed E-state index contributed by atoms with van der Waals surface area (Å²) >= 11 is 0. The highest BCUT2D eigenvalue weighted by atomic mass is 19.1. The Hall–Kier alpha value is -1.62. The number of rotatable bonds is 2. The molecule has 1 aliphatic heterocycles. The number of amides is 1. The second kappa shape index (κ2) is 4.94. The van der Waals surface area contributed by atoms with E-state index in [1.165, 1.54) is 6.07 Å². The second-order valence-electron chi connectivity index (χ2n) is 4.83. The van der Waals surface area contributed by atoms with E-state index >= 15 is 0 Å². The molecule has 0 radical (unpaired) electrons. The van der Waals surface area contributed by atoms with Crippen LogP contribution in [0.3, 0.4) is 0 Å². The van der Waals surface area contributed by atoms with Gasteiger partial charge in [0, 0.05) is 6.61 Å². The van der Waals surface area contributed by atoms with Crippen molar-refractivity contribution < 1.29 is 19.0 Å². The van der Waals surface area contributed by atoms with Crippen LogP contribution in [0.2, 0.25) is 0 Å². The lowest BCUT2D eigenvalue weighted by Gasteiger charge is -2.34. The van der Waals surface area contributed by atoms with Crippen molar-refractivity contribution in [1.29, 1.82) is 0 Å². The Balaban J connectivity index is 2.14. The number of hydrogen-bond acceptors (Lipinski definition) is 3. The smallest absolute Gasteiger partial charge is 0.255 e. The fraction of sp³-hybridized carbons (Fsp3) is 0.462. The number of phenols is 1. The predicted octanol–water partition coefficient (Wildman–Crippen LogP) is 1.83. The number of carbonyl (C=O) groups excluding carboxylic acids is 1. The average molecular weight is 253 g/mol. The number of phenolic OH excluding ortho intramolecular Hbond substituents is 1. The molecule has 1 fully saturated rings. The van der Waals surface area contributed by atoms with Crippen molar-refractivity contribution in [3.63, 3.8) is 0 Å². The van der Waals surface area contributed by atoms with E-state index in [1.54, 1.807) is 0 Å². The zero-order valence-electron chi connectivity index (χ0n) is 10.2. The van der Waals surface area contributed by atoms with Gasteiger partial charge in [0.2, 0.25) is 0 Å². The van der Waals surface area contributed by atoms with Gasteiger partial charge in [-0.15, -0.1) is 0 Å². The lowest BCUT2D eigenvalue weighted by Crippen LogP contribution is -2.51. The fourth-order valence-corrected chi connectivity index (χ4v) is 2.06. The van der Waals surface area contributed by atoms with Crippen molar-refractivity contribution in [3.05, 3.63) is 29.6 Å². The minimum atomic E-state index is -0.553. The first-order valence-electron chi connectivity index (χ1n) is 5.89. The number of halogens is 1. The van der Waals surface area contributed by atoms with Crippen molar-refractivity contribution in [2.45, 2.75) is 25.3 Å². The molecule has 2 rings (SSSR count). The molecule has 0 spiro atoms. The maximum Gasteiger partial charge on any atom is 0.255 e. The molecule has 1 aromatic rings. The van der Waals surface area contributed by atoms with E-state index in [2.05, 4.69) is 5.32 Å². The van der Waals surface area contributed by atoms with Gasteiger partial charge in [-0.25, -0.2) is 4.39 Å². The van der Waals surface area contributed by atoms with Gasteiger partial charge in [-0.3, -0.25) is 4.79 Å². The quantitative estimate of drug-likeness (QED) is 0.845. The zero-order valence-corrected chi connectivity index (χ0v) is 10.2. The predicted molar refractivity (Wildman–Crippen MR) is 64.0 cm³/mol. The van der Waals surface area contributed by atoms with Crippen LogP contribution in [-0.2, 0) is 4.74 Å². The Kier molecular flexibility index (Phi) is 3.52. The standard InChI is InChI=1S/C13H16FNO3/c1-13(5-2-6-18-8-13)15-12(17)10-7-9(14)3-4-11(10)16/h3-4,7,16H,2,5-6,8H2,1H3,(H,15,17). The lowest BCUT2D eigenvalue weighted by molar-refractivity contribution is 0.0272. The topological polar surface area (TPSA) is 58.6 Å². The normalized spacial score (nSPS) is 23.7. The molecule has 0 bridgehead atoms. The molecular weight excluding hydrogens is 237 g/mol. The van der Waals surface area contributed by atoms with E-state index in [1.807, 2.05) is 6.92 Å². The van der Waals surface area contributed by atoms with Gasteiger partial charge >= 0.3 is 0 Å². The highest BCUT2D eigenvalue weighted by molar-refractivity contribution is 5.97. The summed E-state index contributed by atoms with van der Waals surface area (Å²) in [6, 6.07) is 3.30. The van der Waals surface area contributed by atoms with Crippen molar-refractivity contribution >= 4 is 5.91 Å². The van der Waals surface area contributed by atoms with E-state index in [-0.39, 0.29) is 11.3 Å². The third kappa shape index (κ3) is 2.79. The molecule has 0 aromatic heterocycles. The highest BCUT2D eigenvalue weighted by Gasteiger charge is 2.30. The summed E-state index contributed by atoms with van der Waals surface area (Å²) in [5, 5.41) is 12.3. The van der Waals surface area contributed by atoms with E-state index in [9.17, 15) is 14.3 Å². The van der Waals surface area contributed by atoms with E-state index in [4.69, 9.17) is 4.74 Å². The number of hydrogen-bond donors (Lipinski definition) is 2. The van der Waals surface area contributed by atoms with Crippen LogP contribution in [0.4, 0.5) is 4.39 Å². The SMILES string of the molecule is CC1(NC(=O)c2cc(F)ccc2O)CCCOC1. The Morgan fingerprint density at radius 2 is 2.33 bits per heavy atom. The molecule has 1 aliphatic rings. The van der Waals surface area contributed by atoms with E-state index < -0.39 is 17.3 Å². The third-order valence-electron chi connectivity index (χ3n) is 3.06. The monoisotopic (exact) mass is 253 g/mol. The van der Waals surface area contributed by atoms with Crippen LogP contribution in [0.5, 0.6) is 5.75 Å². The summed E-state index contributed by atoms with van der Waals surface area (Å²) in [5.74, 6) is -1.27. The molecule has 0 aliphatic carbocycles. The molecule has 1 heterocycles. The van der Waals surface area contributed by atoms with E-state index in [0.29, 0.717) is 13.2 Å². The maximum atomic E-state index is 13.1. The molecule has 1 saturated heterocycles. The molecule has 98 valence electrons. The lowest BCUT2D eigenvalue weighted by atomic mass is 9.94. The van der Waals surface area contributed by atoms with Gasteiger partial charge in [0.1, 0.15) is 11.6 Å². The Bertz CT molecular complexity index is 456. The highest BCUT2D eigenvalue weighted by Crippen LogP contribution is 2.22. The molecule has 1 unspecified atom stereocenters. The second-order valence-corrected chi connectivity index (χ2v) is 4.83. The molecule has 0 saturated carbocycles. The van der Waals surface area contributed by atoms with Crippen molar-refractivity contribution in [2.24, 2.45) is 0 Å². The Morgan fingerprint density at radius 1 is 1.56 bits per heavy atom. The van der Waals surface area contributed by atoms with Crippen molar-refractivity contribution in [3.8, 4) is 5.75 Å². The molecular formula is C13H16FNO3. The molecule has 1 atom stereocenters. The van der Waals surface area contributed by atoms with Gasteiger partial charge < -0.3 is 15.2 Å². The van der Waals surface area contributed by atoms with Crippen LogP contribution >= 0.6 is 0 Å². The zero-order chi connectivity index (χ0) is 13.2. The minimum absolute atomic E-state index is 0.0539. The van der Waals surface area contributed by atoms with Crippen LogP contribution in [0, 0.1) is 5.82 Å². The fourth-order valence-electron chi connectivity index (χ4n) is 2.06. The van der Waals surface area contributed by atoms with Gasteiger partial charge in [-0.05, 0) is 38.0 Å².